The van der Waals surface area contributed by atoms with Gasteiger partial charge in [-0.2, -0.15) is 0 Å². The van der Waals surface area contributed by atoms with Crippen molar-refractivity contribution in [2.24, 2.45) is 0 Å². The molecule has 3 heterocycles. The first kappa shape index (κ1) is 21.8. The van der Waals surface area contributed by atoms with Crippen LogP contribution in [0.2, 0.25) is 0 Å². The number of benzene rings is 3. The minimum absolute atomic E-state index is 0.0944. The summed E-state index contributed by atoms with van der Waals surface area (Å²) >= 11 is 0. The summed E-state index contributed by atoms with van der Waals surface area (Å²) in [6.45, 7) is 0.747. The molecule has 0 radical (unpaired) electrons. The zero-order chi connectivity index (χ0) is 24.5. The molecule has 1 atom stereocenters. The molecular weight excluding hydrogens is 452 g/mol. The molecular formula is C30H22N2O4. The molecule has 0 saturated heterocycles. The van der Waals surface area contributed by atoms with Crippen LogP contribution in [-0.2, 0) is 13.2 Å². The lowest BCUT2D eigenvalue weighted by atomic mass is 9.98. The van der Waals surface area contributed by atoms with Crippen LogP contribution in [0.5, 0.6) is 5.75 Å². The van der Waals surface area contributed by atoms with Gasteiger partial charge in [0, 0.05) is 18.9 Å². The third kappa shape index (κ3) is 3.92. The maximum absolute atomic E-state index is 13.6. The largest absolute Gasteiger partial charge is 0.489 e. The van der Waals surface area contributed by atoms with Gasteiger partial charge in [-0.05, 0) is 47.0 Å². The Hall–Kier alpha value is -4.71. The van der Waals surface area contributed by atoms with E-state index in [1.54, 1.807) is 41.6 Å². The molecule has 6 nitrogen and oxygen atoms in total. The van der Waals surface area contributed by atoms with E-state index in [1.807, 2.05) is 66.7 Å². The smallest absolute Gasteiger partial charge is 0.291 e. The molecule has 1 unspecified atom stereocenters. The van der Waals surface area contributed by atoms with Crippen LogP contribution in [0, 0.1) is 0 Å². The molecule has 6 rings (SSSR count). The number of rotatable bonds is 6. The lowest BCUT2D eigenvalue weighted by Gasteiger charge is -2.25. The number of amides is 1. The first-order valence-corrected chi connectivity index (χ1v) is 11.7. The normalized spacial score (nSPS) is 14.7. The predicted octanol–water partition coefficient (Wildman–Crippen LogP) is 5.51. The van der Waals surface area contributed by atoms with Crippen molar-refractivity contribution in [2.75, 3.05) is 0 Å². The van der Waals surface area contributed by atoms with Gasteiger partial charge in [0.05, 0.1) is 17.0 Å². The molecule has 1 aliphatic rings. The van der Waals surface area contributed by atoms with Crippen molar-refractivity contribution in [1.82, 2.24) is 9.88 Å². The summed E-state index contributed by atoms with van der Waals surface area (Å²) in [7, 11) is 0. The fraction of sp³-hybridized carbons (Fsp3) is 0.100. The SMILES string of the molecule is O=C1c2oc3ccccc3c(=O)c2C(c2ccc(OCc3ccccc3)cc2)N1Cc1cccnc1. The number of carbonyl (C=O) groups is 1. The topological polar surface area (TPSA) is 72.6 Å². The van der Waals surface area contributed by atoms with Gasteiger partial charge in [0.25, 0.3) is 5.91 Å². The highest BCUT2D eigenvalue weighted by atomic mass is 16.5. The van der Waals surface area contributed by atoms with Crippen molar-refractivity contribution in [3.8, 4) is 5.75 Å². The molecule has 176 valence electrons. The van der Waals surface area contributed by atoms with Crippen LogP contribution in [0.3, 0.4) is 0 Å². The van der Waals surface area contributed by atoms with Crippen LogP contribution in [0.15, 0.2) is 113 Å². The number of hydrogen-bond acceptors (Lipinski definition) is 5. The van der Waals surface area contributed by atoms with E-state index in [0.717, 1.165) is 16.7 Å². The van der Waals surface area contributed by atoms with Crippen molar-refractivity contribution >= 4 is 16.9 Å². The third-order valence-corrected chi connectivity index (χ3v) is 6.39. The summed E-state index contributed by atoms with van der Waals surface area (Å²) in [6.07, 6.45) is 3.41. The summed E-state index contributed by atoms with van der Waals surface area (Å²) in [5.74, 6) is 0.486. The predicted molar refractivity (Wildman–Crippen MR) is 136 cm³/mol. The van der Waals surface area contributed by atoms with E-state index in [1.165, 1.54) is 0 Å². The number of aromatic nitrogens is 1. The lowest BCUT2D eigenvalue weighted by Crippen LogP contribution is -2.29. The minimum atomic E-state index is -0.586. The monoisotopic (exact) mass is 474 g/mol. The van der Waals surface area contributed by atoms with Crippen LogP contribution in [-0.4, -0.2) is 15.8 Å². The number of carbonyl (C=O) groups excluding carboxylic acids is 1. The fourth-order valence-electron chi connectivity index (χ4n) is 4.65. The molecule has 1 aliphatic heterocycles. The number of nitrogens with zero attached hydrogens (tertiary/aromatic N) is 2. The van der Waals surface area contributed by atoms with E-state index in [2.05, 4.69) is 4.98 Å². The van der Waals surface area contributed by atoms with Crippen LogP contribution >= 0.6 is 0 Å². The third-order valence-electron chi connectivity index (χ3n) is 6.39. The first-order chi connectivity index (χ1) is 17.7. The van der Waals surface area contributed by atoms with E-state index in [-0.39, 0.29) is 17.1 Å². The van der Waals surface area contributed by atoms with Gasteiger partial charge in [-0.15, -0.1) is 0 Å². The molecule has 0 aliphatic carbocycles. The number of para-hydroxylation sites is 1. The van der Waals surface area contributed by atoms with Crippen LogP contribution in [0.1, 0.15) is 38.9 Å². The molecule has 5 aromatic rings. The van der Waals surface area contributed by atoms with E-state index < -0.39 is 6.04 Å². The second-order valence-electron chi connectivity index (χ2n) is 8.71. The molecule has 6 heteroatoms. The van der Waals surface area contributed by atoms with E-state index in [9.17, 15) is 9.59 Å². The average molecular weight is 475 g/mol. The summed E-state index contributed by atoms with van der Waals surface area (Å²) < 4.78 is 11.9. The van der Waals surface area contributed by atoms with E-state index in [4.69, 9.17) is 9.15 Å². The van der Waals surface area contributed by atoms with Crippen molar-refractivity contribution in [3.05, 3.63) is 142 Å². The van der Waals surface area contributed by atoms with Gasteiger partial charge in [-0.25, -0.2) is 0 Å². The zero-order valence-corrected chi connectivity index (χ0v) is 19.3. The highest BCUT2D eigenvalue weighted by Gasteiger charge is 2.42. The molecule has 2 aromatic heterocycles. The Bertz CT molecular complexity index is 1600. The van der Waals surface area contributed by atoms with Crippen LogP contribution < -0.4 is 10.2 Å². The molecule has 0 saturated carbocycles. The molecule has 1 amide bonds. The molecule has 36 heavy (non-hydrogen) atoms. The quantitative estimate of drug-likeness (QED) is 0.324. The summed E-state index contributed by atoms with van der Waals surface area (Å²) in [4.78, 5) is 33.0. The number of ether oxygens (including phenoxy) is 1. The lowest BCUT2D eigenvalue weighted by molar-refractivity contribution is 0.0714. The Kier molecular flexibility index (Phi) is 5.54. The van der Waals surface area contributed by atoms with Crippen molar-refractivity contribution < 1.29 is 13.9 Å². The van der Waals surface area contributed by atoms with E-state index in [0.29, 0.717) is 35.4 Å². The van der Waals surface area contributed by atoms with Gasteiger partial charge in [0.1, 0.15) is 17.9 Å². The maximum atomic E-state index is 13.6. The second kappa shape index (κ2) is 9.15. The highest BCUT2D eigenvalue weighted by Crippen LogP contribution is 2.39. The molecule has 0 spiro atoms. The van der Waals surface area contributed by atoms with Gasteiger partial charge >= 0.3 is 0 Å². The van der Waals surface area contributed by atoms with Crippen molar-refractivity contribution in [2.45, 2.75) is 19.2 Å². The molecule has 0 bridgehead atoms. The van der Waals surface area contributed by atoms with Gasteiger partial charge in [0.2, 0.25) is 5.76 Å². The summed E-state index contributed by atoms with van der Waals surface area (Å²) in [5, 5.41) is 0.458. The standard InChI is InChI=1S/C30H22N2O4/c33-28-24-10-4-5-11-25(24)36-29-26(28)27(32(30(29)34)18-21-9-6-16-31-17-21)22-12-14-23(15-13-22)35-19-20-7-2-1-3-8-20/h1-17,27H,18-19H2. The Morgan fingerprint density at radius 3 is 2.36 bits per heavy atom. The second-order valence-corrected chi connectivity index (χ2v) is 8.71. The van der Waals surface area contributed by atoms with E-state index >= 15 is 0 Å². The Morgan fingerprint density at radius 1 is 0.833 bits per heavy atom. The highest BCUT2D eigenvalue weighted by molar-refractivity contribution is 5.99. The maximum Gasteiger partial charge on any atom is 0.291 e. The minimum Gasteiger partial charge on any atom is -0.489 e. The zero-order valence-electron chi connectivity index (χ0n) is 19.3. The van der Waals surface area contributed by atoms with Gasteiger partial charge in [0.15, 0.2) is 5.43 Å². The first-order valence-electron chi connectivity index (χ1n) is 11.7. The molecule has 0 fully saturated rings. The Balaban J connectivity index is 1.39. The number of fused-ring (bicyclic) bond motifs is 2. The van der Waals surface area contributed by atoms with Crippen LogP contribution in [0.25, 0.3) is 11.0 Å². The van der Waals surface area contributed by atoms with Crippen LogP contribution in [0.4, 0.5) is 0 Å². The Morgan fingerprint density at radius 2 is 1.58 bits per heavy atom. The fourth-order valence-corrected chi connectivity index (χ4v) is 4.65. The van der Waals surface area contributed by atoms with Gasteiger partial charge in [-0.1, -0.05) is 60.7 Å². The Labute approximate surface area is 207 Å². The summed E-state index contributed by atoms with van der Waals surface area (Å²) in [6, 6.07) is 27.6. The van der Waals surface area contributed by atoms with Crippen molar-refractivity contribution in [1.29, 1.82) is 0 Å². The van der Waals surface area contributed by atoms with Crippen molar-refractivity contribution in [3.63, 3.8) is 0 Å². The number of pyridine rings is 1. The molecule has 3 aromatic carbocycles. The van der Waals surface area contributed by atoms with Gasteiger partial charge < -0.3 is 14.1 Å². The number of hydrogen-bond donors (Lipinski definition) is 0. The molecule has 0 N–H and O–H groups in total. The summed E-state index contributed by atoms with van der Waals surface area (Å²) in [5.41, 5.74) is 3.32. The van der Waals surface area contributed by atoms with Gasteiger partial charge in [-0.3, -0.25) is 14.6 Å². The average Bonchev–Trinajstić information content (AvgIpc) is 3.20.